The number of nitriles is 1. The smallest absolute Gasteiger partial charge is 0.305 e. The molecule has 0 saturated heterocycles. The molecule has 1 amide bonds. The zero-order chi connectivity index (χ0) is 15.9. The van der Waals surface area contributed by atoms with Gasteiger partial charge in [0, 0.05) is 5.56 Å². The standard InChI is InChI=1S/C17H14N2O3/c18-11-12-6-8-14(9-7-12)17(22)19-15(10-16(20)21)13-4-2-1-3-5-13/h1-9,15H,10H2,(H,19,22)(H,20,21). The summed E-state index contributed by atoms with van der Waals surface area (Å²) in [4.78, 5) is 23.2. The molecule has 0 aliphatic heterocycles. The van der Waals surface area contributed by atoms with Crippen molar-refractivity contribution in [2.45, 2.75) is 12.5 Å². The molecule has 2 N–H and O–H groups in total. The summed E-state index contributed by atoms with van der Waals surface area (Å²) < 4.78 is 0. The van der Waals surface area contributed by atoms with Crippen LogP contribution in [0.5, 0.6) is 0 Å². The number of aliphatic carboxylic acids is 1. The van der Waals surface area contributed by atoms with Crippen LogP contribution in [0.25, 0.3) is 0 Å². The molecule has 22 heavy (non-hydrogen) atoms. The summed E-state index contributed by atoms with van der Waals surface area (Å²) in [5.74, 6) is -1.37. The fourth-order valence-corrected chi connectivity index (χ4v) is 2.05. The molecule has 0 radical (unpaired) electrons. The predicted octanol–water partition coefficient (Wildman–Crippen LogP) is 2.50. The van der Waals surface area contributed by atoms with Crippen LogP contribution >= 0.6 is 0 Å². The van der Waals surface area contributed by atoms with Gasteiger partial charge >= 0.3 is 5.97 Å². The highest BCUT2D eigenvalue weighted by Crippen LogP contribution is 2.17. The van der Waals surface area contributed by atoms with E-state index in [9.17, 15) is 9.59 Å². The molecule has 0 heterocycles. The van der Waals surface area contributed by atoms with Crippen molar-refractivity contribution in [1.29, 1.82) is 5.26 Å². The summed E-state index contributed by atoms with van der Waals surface area (Å²) >= 11 is 0. The number of hydrogen-bond donors (Lipinski definition) is 2. The fraction of sp³-hybridized carbons (Fsp3) is 0.118. The van der Waals surface area contributed by atoms with E-state index in [4.69, 9.17) is 10.4 Å². The van der Waals surface area contributed by atoms with Crippen LogP contribution in [-0.2, 0) is 4.79 Å². The second-order valence-corrected chi connectivity index (χ2v) is 4.72. The Kier molecular flexibility index (Phi) is 4.89. The van der Waals surface area contributed by atoms with Gasteiger partial charge < -0.3 is 10.4 Å². The molecule has 2 rings (SSSR count). The molecule has 5 nitrogen and oxygen atoms in total. The zero-order valence-corrected chi connectivity index (χ0v) is 11.7. The summed E-state index contributed by atoms with van der Waals surface area (Å²) in [6.45, 7) is 0. The molecule has 0 saturated carbocycles. The number of benzene rings is 2. The van der Waals surface area contributed by atoms with Gasteiger partial charge in [0.15, 0.2) is 0 Å². The van der Waals surface area contributed by atoms with Crippen molar-refractivity contribution in [2.75, 3.05) is 0 Å². The minimum atomic E-state index is -0.992. The van der Waals surface area contributed by atoms with Crippen LogP contribution in [-0.4, -0.2) is 17.0 Å². The van der Waals surface area contributed by atoms with E-state index in [0.29, 0.717) is 11.1 Å². The van der Waals surface area contributed by atoms with Crippen LogP contribution in [0.3, 0.4) is 0 Å². The van der Waals surface area contributed by atoms with Crippen LogP contribution in [0.4, 0.5) is 0 Å². The van der Waals surface area contributed by atoms with E-state index in [2.05, 4.69) is 5.32 Å². The number of carbonyl (C=O) groups is 2. The third-order valence-corrected chi connectivity index (χ3v) is 3.16. The summed E-state index contributed by atoms with van der Waals surface area (Å²) in [7, 11) is 0. The Balaban J connectivity index is 2.17. The van der Waals surface area contributed by atoms with Gasteiger partial charge in [-0.3, -0.25) is 9.59 Å². The van der Waals surface area contributed by atoms with Crippen LogP contribution in [0.1, 0.15) is 33.9 Å². The Morgan fingerprint density at radius 3 is 2.27 bits per heavy atom. The molecule has 1 atom stereocenters. The minimum Gasteiger partial charge on any atom is -0.481 e. The molecule has 0 spiro atoms. The molecule has 0 aliphatic carbocycles. The van der Waals surface area contributed by atoms with E-state index in [1.54, 1.807) is 36.4 Å². The first-order chi connectivity index (χ1) is 10.6. The Morgan fingerprint density at radius 1 is 1.09 bits per heavy atom. The van der Waals surface area contributed by atoms with E-state index in [1.165, 1.54) is 12.1 Å². The average Bonchev–Trinajstić information content (AvgIpc) is 2.54. The van der Waals surface area contributed by atoms with Crippen molar-refractivity contribution in [2.24, 2.45) is 0 Å². The molecule has 0 fully saturated rings. The van der Waals surface area contributed by atoms with Crippen molar-refractivity contribution >= 4 is 11.9 Å². The monoisotopic (exact) mass is 294 g/mol. The second kappa shape index (κ2) is 7.04. The Morgan fingerprint density at radius 2 is 1.73 bits per heavy atom. The zero-order valence-electron chi connectivity index (χ0n) is 11.7. The number of carboxylic acid groups (broad SMARTS) is 1. The van der Waals surface area contributed by atoms with Gasteiger partial charge in [0.2, 0.25) is 0 Å². The van der Waals surface area contributed by atoms with Crippen molar-refractivity contribution < 1.29 is 14.7 Å². The summed E-state index contributed by atoms with van der Waals surface area (Å²) in [5, 5.41) is 20.5. The fourth-order valence-electron chi connectivity index (χ4n) is 2.05. The second-order valence-electron chi connectivity index (χ2n) is 4.72. The number of nitrogens with zero attached hydrogens (tertiary/aromatic N) is 1. The third-order valence-electron chi connectivity index (χ3n) is 3.16. The Labute approximate surface area is 127 Å². The van der Waals surface area contributed by atoms with Gasteiger partial charge in [-0.1, -0.05) is 30.3 Å². The summed E-state index contributed by atoms with van der Waals surface area (Å²) in [6, 6.07) is 16.5. The van der Waals surface area contributed by atoms with Gasteiger partial charge in [-0.05, 0) is 29.8 Å². The first kappa shape index (κ1) is 15.3. The lowest BCUT2D eigenvalue weighted by molar-refractivity contribution is -0.137. The van der Waals surface area contributed by atoms with E-state index in [0.717, 1.165) is 5.56 Å². The van der Waals surface area contributed by atoms with Crippen molar-refractivity contribution in [1.82, 2.24) is 5.32 Å². The first-order valence-corrected chi connectivity index (χ1v) is 6.68. The number of hydrogen-bond acceptors (Lipinski definition) is 3. The normalized spacial score (nSPS) is 11.2. The Bertz CT molecular complexity index is 703. The number of carboxylic acids is 1. The van der Waals surface area contributed by atoms with Crippen LogP contribution < -0.4 is 5.32 Å². The van der Waals surface area contributed by atoms with Crippen molar-refractivity contribution in [3.63, 3.8) is 0 Å². The highest BCUT2D eigenvalue weighted by atomic mass is 16.4. The first-order valence-electron chi connectivity index (χ1n) is 6.68. The van der Waals surface area contributed by atoms with Gasteiger partial charge in [0.05, 0.1) is 24.1 Å². The molecule has 2 aromatic rings. The maximum atomic E-state index is 12.2. The van der Waals surface area contributed by atoms with Gasteiger partial charge in [-0.2, -0.15) is 5.26 Å². The van der Waals surface area contributed by atoms with E-state index >= 15 is 0 Å². The largest absolute Gasteiger partial charge is 0.481 e. The molecule has 0 bridgehead atoms. The number of rotatable bonds is 5. The Hall–Kier alpha value is -3.13. The van der Waals surface area contributed by atoms with Crippen LogP contribution in [0.15, 0.2) is 54.6 Å². The lowest BCUT2D eigenvalue weighted by Gasteiger charge is -2.17. The third kappa shape index (κ3) is 3.93. The molecule has 110 valence electrons. The predicted molar refractivity (Wildman–Crippen MR) is 80.1 cm³/mol. The molecular formula is C17H14N2O3. The molecule has 5 heteroatoms. The summed E-state index contributed by atoms with van der Waals surface area (Å²) in [6.07, 6.45) is -0.202. The van der Waals surface area contributed by atoms with Gasteiger partial charge in [0.1, 0.15) is 0 Å². The number of nitrogens with one attached hydrogen (secondary N) is 1. The van der Waals surface area contributed by atoms with Crippen LogP contribution in [0, 0.1) is 11.3 Å². The number of carbonyl (C=O) groups excluding carboxylic acids is 1. The van der Waals surface area contributed by atoms with Gasteiger partial charge in [-0.25, -0.2) is 0 Å². The van der Waals surface area contributed by atoms with E-state index in [-0.39, 0.29) is 12.3 Å². The maximum absolute atomic E-state index is 12.2. The van der Waals surface area contributed by atoms with E-state index < -0.39 is 12.0 Å². The lowest BCUT2D eigenvalue weighted by Crippen LogP contribution is -2.30. The molecule has 2 aromatic carbocycles. The minimum absolute atomic E-state index is 0.202. The lowest BCUT2D eigenvalue weighted by atomic mass is 10.0. The van der Waals surface area contributed by atoms with E-state index in [1.807, 2.05) is 12.1 Å². The maximum Gasteiger partial charge on any atom is 0.305 e. The van der Waals surface area contributed by atoms with Crippen molar-refractivity contribution in [3.05, 3.63) is 71.3 Å². The average molecular weight is 294 g/mol. The van der Waals surface area contributed by atoms with Gasteiger partial charge in [-0.15, -0.1) is 0 Å². The highest BCUT2D eigenvalue weighted by Gasteiger charge is 2.18. The number of amides is 1. The SMILES string of the molecule is N#Cc1ccc(C(=O)NC(CC(=O)O)c2ccccc2)cc1. The van der Waals surface area contributed by atoms with Crippen LogP contribution in [0.2, 0.25) is 0 Å². The molecule has 0 aliphatic rings. The highest BCUT2D eigenvalue weighted by molar-refractivity contribution is 5.94. The quantitative estimate of drug-likeness (QED) is 0.886. The molecule has 0 aromatic heterocycles. The molecular weight excluding hydrogens is 280 g/mol. The summed E-state index contributed by atoms with van der Waals surface area (Å²) in [5.41, 5.74) is 1.57. The topological polar surface area (TPSA) is 90.2 Å². The molecule has 1 unspecified atom stereocenters. The van der Waals surface area contributed by atoms with Gasteiger partial charge in [0.25, 0.3) is 5.91 Å². The van der Waals surface area contributed by atoms with Crippen molar-refractivity contribution in [3.8, 4) is 6.07 Å².